The molecule has 6 heteroatoms. The molecular weight excluding hydrogens is 485 g/mol. The van der Waals surface area contributed by atoms with E-state index in [-0.39, 0.29) is 18.7 Å². The van der Waals surface area contributed by atoms with Gasteiger partial charge in [0.15, 0.2) is 0 Å². The quantitative estimate of drug-likeness (QED) is 0.422. The van der Waals surface area contributed by atoms with E-state index in [9.17, 15) is 9.18 Å². The van der Waals surface area contributed by atoms with Crippen LogP contribution in [0, 0.1) is 5.92 Å². The molecule has 176 valence electrons. The molecule has 2 unspecified atom stereocenters. The van der Waals surface area contributed by atoms with Gasteiger partial charge in [-0.3, -0.25) is 9.29 Å². The van der Waals surface area contributed by atoms with Gasteiger partial charge in [0.2, 0.25) is 0 Å². The molecular formula is C27H31BrFNO3. The lowest BCUT2D eigenvalue weighted by Gasteiger charge is -2.18. The molecule has 2 aromatic carbocycles. The topological polar surface area (TPSA) is 38.8 Å². The van der Waals surface area contributed by atoms with Gasteiger partial charge in [-0.25, -0.2) is 4.79 Å². The van der Waals surface area contributed by atoms with Crippen LogP contribution in [-0.4, -0.2) is 50.4 Å². The predicted octanol–water partition coefficient (Wildman–Crippen LogP) is 6.02. The van der Waals surface area contributed by atoms with Crippen molar-refractivity contribution in [2.75, 3.05) is 33.4 Å². The molecule has 1 fully saturated rings. The molecule has 0 saturated carbocycles. The van der Waals surface area contributed by atoms with E-state index in [0.29, 0.717) is 17.9 Å². The molecule has 0 bridgehead atoms. The Morgan fingerprint density at radius 1 is 1.21 bits per heavy atom. The fourth-order valence-electron chi connectivity index (χ4n) is 4.75. The van der Waals surface area contributed by atoms with Crippen molar-refractivity contribution in [1.82, 2.24) is 4.90 Å². The zero-order valence-electron chi connectivity index (χ0n) is 19.3. The second kappa shape index (κ2) is 10.8. The summed E-state index contributed by atoms with van der Waals surface area (Å²) >= 11 is 3.89. The van der Waals surface area contributed by atoms with E-state index < -0.39 is 0 Å². The molecule has 4 rings (SSSR count). The number of ether oxygens (including phenoxy) is 2. The van der Waals surface area contributed by atoms with Gasteiger partial charge in [-0.05, 0) is 78.1 Å². The molecule has 0 radical (unpaired) electrons. The van der Waals surface area contributed by atoms with Crippen LogP contribution < -0.4 is 4.74 Å². The number of hydrogen-bond acceptors (Lipinski definition) is 4. The van der Waals surface area contributed by atoms with E-state index >= 15 is 0 Å². The normalized spacial score (nSPS) is 21.0. The predicted molar refractivity (Wildman–Crippen MR) is 133 cm³/mol. The van der Waals surface area contributed by atoms with Crippen molar-refractivity contribution in [3.63, 3.8) is 0 Å². The van der Waals surface area contributed by atoms with Gasteiger partial charge in [-0.1, -0.05) is 41.1 Å². The zero-order valence-corrected chi connectivity index (χ0v) is 20.9. The molecule has 2 atom stereocenters. The van der Waals surface area contributed by atoms with Crippen LogP contribution in [0.3, 0.4) is 0 Å². The summed E-state index contributed by atoms with van der Waals surface area (Å²) in [5, 5.41) is 0. The monoisotopic (exact) mass is 515 g/mol. The number of alkyl halides is 1. The molecule has 0 N–H and O–H groups in total. The van der Waals surface area contributed by atoms with Crippen LogP contribution in [0.5, 0.6) is 5.75 Å². The van der Waals surface area contributed by atoms with E-state index in [1.807, 2.05) is 30.3 Å². The number of carbonyl (C=O) groups excluding carboxylic acids is 1. The molecule has 0 spiro atoms. The van der Waals surface area contributed by atoms with E-state index in [2.05, 4.69) is 39.9 Å². The highest BCUT2D eigenvalue weighted by atomic mass is 79.9. The first kappa shape index (κ1) is 24.0. The van der Waals surface area contributed by atoms with E-state index in [4.69, 9.17) is 9.47 Å². The second-order valence-corrected chi connectivity index (χ2v) is 9.78. The summed E-state index contributed by atoms with van der Waals surface area (Å²) < 4.78 is 24.9. The number of esters is 1. The summed E-state index contributed by atoms with van der Waals surface area (Å²) in [6.45, 7) is 4.54. The summed E-state index contributed by atoms with van der Waals surface area (Å²) in [4.78, 5) is 14.3. The van der Waals surface area contributed by atoms with E-state index in [0.717, 1.165) is 66.9 Å². The van der Waals surface area contributed by atoms with Crippen LogP contribution in [0.4, 0.5) is 4.39 Å². The molecule has 2 aromatic rings. The minimum atomic E-state index is -0.313. The van der Waals surface area contributed by atoms with Crippen LogP contribution in [0.25, 0.3) is 5.57 Å². The lowest BCUT2D eigenvalue weighted by molar-refractivity contribution is 0.0600. The Morgan fingerprint density at radius 2 is 2.06 bits per heavy atom. The Hall–Kier alpha value is -2.18. The van der Waals surface area contributed by atoms with Crippen molar-refractivity contribution in [2.45, 2.75) is 38.7 Å². The SMILES string of the molecule is COC(=O)c1ccc2c(c1)CCC(C)C(Br)=C2c1cccc(OC2CCN(CCCF)C2)c1. The fraction of sp³-hybridized carbons (Fsp3) is 0.444. The molecule has 0 amide bonds. The number of carbonyl (C=O) groups is 1. The standard InChI is InChI=1S/C27H31BrFNO3/c1-18-7-8-19-15-21(27(31)32-2)9-10-24(19)25(26(18)28)20-5-3-6-22(16-20)33-23-11-14-30(17-23)13-4-12-29/h3,5-6,9-10,15-16,18,23H,4,7-8,11-14,17H2,1-2H3. The molecule has 4 nitrogen and oxygen atoms in total. The molecule has 1 aliphatic carbocycles. The first-order valence-electron chi connectivity index (χ1n) is 11.7. The van der Waals surface area contributed by atoms with Crippen molar-refractivity contribution >= 4 is 27.5 Å². The van der Waals surface area contributed by atoms with Crippen LogP contribution in [0.2, 0.25) is 0 Å². The highest BCUT2D eigenvalue weighted by molar-refractivity contribution is 9.11. The minimum Gasteiger partial charge on any atom is -0.489 e. The van der Waals surface area contributed by atoms with E-state index in [1.165, 1.54) is 11.6 Å². The van der Waals surface area contributed by atoms with Gasteiger partial charge in [-0.2, -0.15) is 0 Å². The van der Waals surface area contributed by atoms with Crippen LogP contribution in [0.15, 0.2) is 46.9 Å². The van der Waals surface area contributed by atoms with Crippen LogP contribution in [0.1, 0.15) is 53.2 Å². The average molecular weight is 516 g/mol. The maximum atomic E-state index is 12.5. The average Bonchev–Trinajstić information content (AvgIpc) is 3.23. The van der Waals surface area contributed by atoms with Gasteiger partial charge < -0.3 is 9.47 Å². The van der Waals surface area contributed by atoms with Gasteiger partial charge in [0.1, 0.15) is 11.9 Å². The fourth-order valence-corrected chi connectivity index (χ4v) is 5.43. The Balaban J connectivity index is 1.61. The summed E-state index contributed by atoms with van der Waals surface area (Å²) in [6.07, 6.45) is 3.56. The van der Waals surface area contributed by atoms with Gasteiger partial charge in [0.25, 0.3) is 0 Å². The number of benzene rings is 2. The first-order chi connectivity index (χ1) is 16.0. The number of rotatable bonds is 7. The third-order valence-electron chi connectivity index (χ3n) is 6.58. The Bertz CT molecular complexity index is 1040. The number of aryl methyl sites for hydroxylation is 1. The van der Waals surface area contributed by atoms with Crippen molar-refractivity contribution in [3.8, 4) is 5.75 Å². The maximum absolute atomic E-state index is 12.5. The zero-order chi connectivity index (χ0) is 23.4. The number of fused-ring (bicyclic) bond motifs is 1. The summed E-state index contributed by atoms with van der Waals surface area (Å²) in [5.41, 5.74) is 5.10. The van der Waals surface area contributed by atoms with Gasteiger partial charge in [0.05, 0.1) is 19.3 Å². The Morgan fingerprint density at radius 3 is 2.85 bits per heavy atom. The second-order valence-electron chi connectivity index (χ2n) is 8.93. The van der Waals surface area contributed by atoms with Gasteiger partial charge in [0, 0.05) is 24.1 Å². The van der Waals surface area contributed by atoms with E-state index in [1.54, 1.807) is 0 Å². The molecule has 1 saturated heterocycles. The number of likely N-dealkylation sites (tertiary alicyclic amines) is 1. The summed E-state index contributed by atoms with van der Waals surface area (Å²) in [7, 11) is 1.41. The summed E-state index contributed by atoms with van der Waals surface area (Å²) in [5.74, 6) is 0.895. The third kappa shape index (κ3) is 5.49. The minimum absolute atomic E-state index is 0.125. The first-order valence-corrected chi connectivity index (χ1v) is 12.5. The molecule has 2 aliphatic rings. The molecule has 0 aromatic heterocycles. The van der Waals surface area contributed by atoms with Crippen molar-refractivity contribution in [3.05, 3.63) is 69.2 Å². The van der Waals surface area contributed by atoms with Gasteiger partial charge in [-0.15, -0.1) is 0 Å². The van der Waals surface area contributed by atoms with Crippen molar-refractivity contribution in [2.24, 2.45) is 5.92 Å². The van der Waals surface area contributed by atoms with Crippen molar-refractivity contribution in [1.29, 1.82) is 0 Å². The maximum Gasteiger partial charge on any atom is 0.337 e. The molecule has 1 aliphatic heterocycles. The third-order valence-corrected chi connectivity index (χ3v) is 7.75. The lowest BCUT2D eigenvalue weighted by atomic mass is 9.92. The van der Waals surface area contributed by atoms with Crippen molar-refractivity contribution < 1.29 is 18.7 Å². The number of halogens is 2. The highest BCUT2D eigenvalue weighted by Gasteiger charge is 2.25. The van der Waals surface area contributed by atoms with Crippen LogP contribution >= 0.6 is 15.9 Å². The largest absolute Gasteiger partial charge is 0.489 e. The van der Waals surface area contributed by atoms with Crippen LogP contribution in [-0.2, 0) is 11.2 Å². The number of methoxy groups -OCH3 is 1. The number of allylic oxidation sites excluding steroid dienone is 1. The smallest absolute Gasteiger partial charge is 0.337 e. The molecule has 1 heterocycles. The number of hydrogen-bond donors (Lipinski definition) is 0. The Kier molecular flexibility index (Phi) is 7.86. The highest BCUT2D eigenvalue weighted by Crippen LogP contribution is 2.41. The Labute approximate surface area is 203 Å². The van der Waals surface area contributed by atoms with Gasteiger partial charge >= 0.3 is 5.97 Å². The number of nitrogens with zero attached hydrogens (tertiary/aromatic N) is 1. The molecule has 33 heavy (non-hydrogen) atoms. The lowest BCUT2D eigenvalue weighted by Crippen LogP contribution is -2.26. The summed E-state index contributed by atoms with van der Waals surface area (Å²) in [6, 6.07) is 14.1.